The molecule has 0 saturated carbocycles. The summed E-state index contributed by atoms with van der Waals surface area (Å²) in [4.78, 5) is 20.6. The molecule has 3 aromatic rings. The molecule has 2 aromatic heterocycles. The third-order valence-corrected chi connectivity index (χ3v) is 6.33. The number of guanidine groups is 1. The van der Waals surface area contributed by atoms with E-state index in [1.165, 1.54) is 22.5 Å². The molecule has 0 amide bonds. The summed E-state index contributed by atoms with van der Waals surface area (Å²) in [5, 5.41) is 5.76. The van der Waals surface area contributed by atoms with Gasteiger partial charge in [0.05, 0.1) is 5.52 Å². The van der Waals surface area contributed by atoms with Gasteiger partial charge in [-0.15, -0.1) is 24.0 Å². The van der Waals surface area contributed by atoms with Crippen LogP contribution in [0.3, 0.4) is 0 Å². The quantitative estimate of drug-likeness (QED) is 0.289. The van der Waals surface area contributed by atoms with Crippen LogP contribution in [0.4, 0.5) is 10.9 Å². The van der Waals surface area contributed by atoms with Crippen molar-refractivity contribution < 1.29 is 0 Å². The van der Waals surface area contributed by atoms with Crippen molar-refractivity contribution in [1.82, 2.24) is 24.6 Å². The SMILES string of the molecule is CCc1nsc(N2CCN(C(=NC)NCc3cc(N(C)C)nc4ccccc34)CC2)n1.I. The molecule has 1 saturated heterocycles. The number of benzene rings is 1. The number of aliphatic imine (C=N–C) groups is 1. The lowest BCUT2D eigenvalue weighted by atomic mass is 10.1. The Hall–Kier alpha value is -2.21. The van der Waals surface area contributed by atoms with Gasteiger partial charge in [-0.05, 0) is 17.7 Å². The van der Waals surface area contributed by atoms with Crippen LogP contribution in [0, 0.1) is 0 Å². The smallest absolute Gasteiger partial charge is 0.205 e. The average Bonchev–Trinajstić information content (AvgIpc) is 3.29. The molecule has 8 nitrogen and oxygen atoms in total. The number of anilines is 2. The van der Waals surface area contributed by atoms with Crippen molar-refractivity contribution in [2.24, 2.45) is 4.99 Å². The average molecular weight is 567 g/mol. The third kappa shape index (κ3) is 5.40. The number of piperazine rings is 1. The zero-order chi connectivity index (χ0) is 21.8. The number of halogens is 1. The topological polar surface area (TPSA) is 72.8 Å². The van der Waals surface area contributed by atoms with Crippen molar-refractivity contribution in [2.75, 3.05) is 57.1 Å². The normalized spacial score (nSPS) is 14.4. The monoisotopic (exact) mass is 566 g/mol. The standard InChI is InChI=1S/C22H30N8S.HI/c1-5-19-26-22(31-27-19)30-12-10-29(11-13-30)21(23-2)24-15-16-14-20(28(3)4)25-18-9-7-6-8-17(16)18;/h6-9,14H,5,10-13,15H2,1-4H3,(H,23,24);1H. The van der Waals surface area contributed by atoms with E-state index in [0.29, 0.717) is 6.54 Å². The van der Waals surface area contributed by atoms with Crippen molar-refractivity contribution in [1.29, 1.82) is 0 Å². The van der Waals surface area contributed by atoms with Crippen LogP contribution in [-0.2, 0) is 13.0 Å². The van der Waals surface area contributed by atoms with Gasteiger partial charge < -0.3 is 20.0 Å². The molecule has 1 aliphatic heterocycles. The first-order valence-electron chi connectivity index (χ1n) is 10.7. The molecule has 0 radical (unpaired) electrons. The number of para-hydroxylation sites is 1. The number of pyridine rings is 1. The number of nitrogens with one attached hydrogen (secondary N) is 1. The van der Waals surface area contributed by atoms with Gasteiger partial charge in [-0.25, -0.2) is 9.97 Å². The second-order valence-corrected chi connectivity index (χ2v) is 8.50. The number of fused-ring (bicyclic) bond motifs is 1. The highest BCUT2D eigenvalue weighted by Gasteiger charge is 2.22. The summed E-state index contributed by atoms with van der Waals surface area (Å²) in [6, 6.07) is 10.5. The maximum Gasteiger partial charge on any atom is 0.205 e. The molecule has 4 rings (SSSR count). The predicted octanol–water partition coefficient (Wildman–Crippen LogP) is 3.23. The number of aryl methyl sites for hydroxylation is 1. The number of rotatable bonds is 5. The summed E-state index contributed by atoms with van der Waals surface area (Å²) in [6.45, 7) is 6.44. The Bertz CT molecular complexity index is 1060. The summed E-state index contributed by atoms with van der Waals surface area (Å²) in [7, 11) is 5.89. The van der Waals surface area contributed by atoms with Gasteiger partial charge in [0.1, 0.15) is 11.6 Å². The van der Waals surface area contributed by atoms with Gasteiger partial charge in [-0.2, -0.15) is 4.37 Å². The molecule has 1 aromatic carbocycles. The van der Waals surface area contributed by atoms with E-state index in [1.807, 2.05) is 32.1 Å². The Kier molecular flexibility index (Phi) is 8.46. The molecule has 10 heteroatoms. The molecule has 0 spiro atoms. The lowest BCUT2D eigenvalue weighted by molar-refractivity contribution is 0.372. The molecule has 1 aliphatic rings. The van der Waals surface area contributed by atoms with E-state index in [2.05, 4.69) is 60.7 Å². The summed E-state index contributed by atoms with van der Waals surface area (Å²) in [6.07, 6.45) is 0.881. The van der Waals surface area contributed by atoms with Gasteiger partial charge in [0.15, 0.2) is 5.96 Å². The van der Waals surface area contributed by atoms with Crippen molar-refractivity contribution in [2.45, 2.75) is 19.9 Å². The maximum absolute atomic E-state index is 4.76. The fourth-order valence-electron chi connectivity index (χ4n) is 3.74. The van der Waals surface area contributed by atoms with Crippen LogP contribution in [-0.4, -0.2) is 72.5 Å². The summed E-state index contributed by atoms with van der Waals surface area (Å²) in [5.41, 5.74) is 2.23. The van der Waals surface area contributed by atoms with Crippen LogP contribution >= 0.6 is 35.5 Å². The predicted molar refractivity (Wildman–Crippen MR) is 145 cm³/mol. The van der Waals surface area contributed by atoms with Crippen LogP contribution in [0.25, 0.3) is 10.9 Å². The zero-order valence-electron chi connectivity index (χ0n) is 19.1. The molecular weight excluding hydrogens is 535 g/mol. The number of aromatic nitrogens is 3. The molecule has 3 heterocycles. The summed E-state index contributed by atoms with van der Waals surface area (Å²) >= 11 is 1.50. The molecule has 0 bridgehead atoms. The van der Waals surface area contributed by atoms with E-state index < -0.39 is 0 Å². The maximum atomic E-state index is 4.76. The minimum atomic E-state index is 0. The van der Waals surface area contributed by atoms with E-state index in [9.17, 15) is 0 Å². The first-order valence-corrected chi connectivity index (χ1v) is 11.5. The van der Waals surface area contributed by atoms with Crippen LogP contribution in [0.1, 0.15) is 18.3 Å². The van der Waals surface area contributed by atoms with Crippen molar-refractivity contribution in [3.05, 3.63) is 41.7 Å². The summed E-state index contributed by atoms with van der Waals surface area (Å²) in [5.74, 6) is 2.82. The van der Waals surface area contributed by atoms with Crippen LogP contribution in [0.5, 0.6) is 0 Å². The van der Waals surface area contributed by atoms with Gasteiger partial charge in [0.2, 0.25) is 5.13 Å². The van der Waals surface area contributed by atoms with Gasteiger partial charge in [0, 0.05) is 77.2 Å². The largest absolute Gasteiger partial charge is 0.363 e. The van der Waals surface area contributed by atoms with Gasteiger partial charge in [-0.3, -0.25) is 4.99 Å². The Morgan fingerprint density at radius 1 is 1.16 bits per heavy atom. The van der Waals surface area contributed by atoms with E-state index in [-0.39, 0.29) is 24.0 Å². The van der Waals surface area contributed by atoms with E-state index in [1.54, 1.807) is 0 Å². The highest BCUT2D eigenvalue weighted by atomic mass is 127. The van der Waals surface area contributed by atoms with E-state index >= 15 is 0 Å². The highest BCUT2D eigenvalue weighted by Crippen LogP contribution is 2.22. The van der Waals surface area contributed by atoms with Crippen LogP contribution in [0.2, 0.25) is 0 Å². The van der Waals surface area contributed by atoms with Crippen molar-refractivity contribution in [3.8, 4) is 0 Å². The Morgan fingerprint density at radius 3 is 2.56 bits per heavy atom. The fraction of sp³-hybridized carbons (Fsp3) is 0.455. The van der Waals surface area contributed by atoms with Crippen LogP contribution in [0.15, 0.2) is 35.3 Å². The fourth-order valence-corrected chi connectivity index (χ4v) is 4.54. The molecular formula is C22H31IN8S. The Labute approximate surface area is 210 Å². The number of nitrogens with zero attached hydrogens (tertiary/aromatic N) is 7. The molecule has 172 valence electrons. The molecule has 1 fully saturated rings. The number of hydrogen-bond acceptors (Lipinski definition) is 7. The van der Waals surface area contributed by atoms with Gasteiger partial charge >= 0.3 is 0 Å². The van der Waals surface area contributed by atoms with E-state index in [0.717, 1.165) is 60.8 Å². The van der Waals surface area contributed by atoms with Gasteiger partial charge in [-0.1, -0.05) is 25.1 Å². The first-order chi connectivity index (χ1) is 15.1. The minimum Gasteiger partial charge on any atom is -0.363 e. The number of hydrogen-bond donors (Lipinski definition) is 1. The molecule has 0 aliphatic carbocycles. The minimum absolute atomic E-state index is 0. The lowest BCUT2D eigenvalue weighted by Gasteiger charge is -2.36. The molecule has 1 N–H and O–H groups in total. The van der Waals surface area contributed by atoms with Crippen molar-refractivity contribution >= 4 is 63.3 Å². The lowest BCUT2D eigenvalue weighted by Crippen LogP contribution is -2.52. The third-order valence-electron chi connectivity index (χ3n) is 5.52. The highest BCUT2D eigenvalue weighted by molar-refractivity contribution is 14.0. The molecule has 32 heavy (non-hydrogen) atoms. The van der Waals surface area contributed by atoms with Crippen molar-refractivity contribution in [3.63, 3.8) is 0 Å². The Morgan fingerprint density at radius 2 is 1.91 bits per heavy atom. The second-order valence-electron chi connectivity index (χ2n) is 7.77. The molecule has 0 atom stereocenters. The summed E-state index contributed by atoms with van der Waals surface area (Å²) < 4.78 is 4.42. The zero-order valence-corrected chi connectivity index (χ0v) is 22.2. The van der Waals surface area contributed by atoms with Gasteiger partial charge in [0.25, 0.3) is 0 Å². The Balaban J connectivity index is 0.00000289. The second kappa shape index (κ2) is 11.1. The molecule has 0 unspecified atom stereocenters. The first kappa shape index (κ1) is 24.4. The van der Waals surface area contributed by atoms with E-state index in [4.69, 9.17) is 4.98 Å². The van der Waals surface area contributed by atoms with Crippen LogP contribution < -0.4 is 15.1 Å².